The minimum Gasteiger partial charge on any atom is -0.487 e. The minimum atomic E-state index is -3.73. The molecule has 21 heavy (non-hydrogen) atoms. The van der Waals surface area contributed by atoms with Crippen molar-refractivity contribution in [2.75, 3.05) is 0 Å². The Labute approximate surface area is 128 Å². The molecule has 0 unspecified atom stereocenters. The fourth-order valence-corrected chi connectivity index (χ4v) is 3.08. The Morgan fingerprint density at radius 2 is 1.90 bits per heavy atom. The summed E-state index contributed by atoms with van der Waals surface area (Å²) < 4.78 is 30.6. The predicted molar refractivity (Wildman–Crippen MR) is 81.2 cm³/mol. The van der Waals surface area contributed by atoms with E-state index in [0.717, 1.165) is 23.4 Å². The monoisotopic (exact) mass is 328 g/mol. The summed E-state index contributed by atoms with van der Waals surface area (Å²) in [6, 6.07) is 3.03. The van der Waals surface area contributed by atoms with Gasteiger partial charge in [-0.05, 0) is 44.0 Å². The smallest absolute Gasteiger partial charge is 0.261 e. The molecule has 7 heteroatoms. The maximum Gasteiger partial charge on any atom is 0.261 e. The van der Waals surface area contributed by atoms with Gasteiger partial charge in [0.05, 0.1) is 23.1 Å². The lowest BCUT2D eigenvalue weighted by Crippen LogP contribution is -2.06. The molecule has 0 spiro atoms. The van der Waals surface area contributed by atoms with Crippen LogP contribution in [-0.2, 0) is 22.2 Å². The van der Waals surface area contributed by atoms with E-state index in [4.69, 9.17) is 15.4 Å². The second kappa shape index (κ2) is 6.07. The predicted octanol–water partition coefficient (Wildman–Crippen LogP) is 3.03. The number of aryl methyl sites for hydroxylation is 3. The third-order valence-electron chi connectivity index (χ3n) is 3.22. The van der Waals surface area contributed by atoms with Crippen LogP contribution in [0.4, 0.5) is 0 Å². The third kappa shape index (κ3) is 3.57. The molecule has 0 saturated heterocycles. The van der Waals surface area contributed by atoms with Crippen molar-refractivity contribution in [3.05, 3.63) is 41.5 Å². The number of rotatable bonds is 5. The van der Waals surface area contributed by atoms with Gasteiger partial charge in [-0.2, -0.15) is 0 Å². The number of aromatic nitrogens is 2. The molecule has 0 atom stereocenters. The van der Waals surface area contributed by atoms with E-state index in [9.17, 15) is 8.42 Å². The number of nitrogens with zero attached hydrogens (tertiary/aromatic N) is 2. The van der Waals surface area contributed by atoms with Gasteiger partial charge in [-0.3, -0.25) is 0 Å². The van der Waals surface area contributed by atoms with E-state index in [1.54, 1.807) is 26.4 Å². The lowest BCUT2D eigenvalue weighted by molar-refractivity contribution is 0.291. The van der Waals surface area contributed by atoms with Gasteiger partial charge in [-0.1, -0.05) is 0 Å². The lowest BCUT2D eigenvalue weighted by atomic mass is 10.1. The molecule has 0 N–H and O–H groups in total. The number of benzene rings is 1. The number of ether oxygens (including phenoxy) is 1. The first-order valence-electron chi connectivity index (χ1n) is 6.50. The summed E-state index contributed by atoms with van der Waals surface area (Å²) >= 11 is 0. The van der Waals surface area contributed by atoms with Gasteiger partial charge in [0.15, 0.2) is 0 Å². The quantitative estimate of drug-likeness (QED) is 0.791. The van der Waals surface area contributed by atoms with E-state index < -0.39 is 9.05 Å². The summed E-state index contributed by atoms with van der Waals surface area (Å²) in [5.41, 5.74) is 2.43. The summed E-state index contributed by atoms with van der Waals surface area (Å²) in [7, 11) is 1.64. The van der Waals surface area contributed by atoms with Crippen LogP contribution < -0.4 is 4.74 Å². The van der Waals surface area contributed by atoms with Crippen LogP contribution in [0.25, 0.3) is 0 Å². The Balaban J connectivity index is 2.25. The van der Waals surface area contributed by atoms with Gasteiger partial charge in [0.2, 0.25) is 0 Å². The maximum absolute atomic E-state index is 11.4. The van der Waals surface area contributed by atoms with Crippen LogP contribution in [-0.4, -0.2) is 18.0 Å². The van der Waals surface area contributed by atoms with Gasteiger partial charge in [-0.15, -0.1) is 0 Å². The van der Waals surface area contributed by atoms with Crippen LogP contribution in [0.2, 0.25) is 0 Å². The molecule has 0 radical (unpaired) electrons. The minimum absolute atomic E-state index is 0.0881. The van der Waals surface area contributed by atoms with Crippen molar-refractivity contribution in [3.63, 3.8) is 0 Å². The SMILES string of the molecule is CCn1cncc1COc1c(C)cc(S(=O)(=O)Cl)cc1C. The first-order valence-corrected chi connectivity index (χ1v) is 8.81. The van der Waals surface area contributed by atoms with Crippen LogP contribution in [0.3, 0.4) is 0 Å². The number of hydrogen-bond donors (Lipinski definition) is 0. The molecule has 1 aromatic heterocycles. The summed E-state index contributed by atoms with van der Waals surface area (Å²) in [6.45, 7) is 6.82. The molecule has 0 aliphatic heterocycles. The van der Waals surface area contributed by atoms with E-state index in [1.807, 2.05) is 11.5 Å². The van der Waals surface area contributed by atoms with Crippen molar-refractivity contribution in [2.24, 2.45) is 0 Å². The van der Waals surface area contributed by atoms with Gasteiger partial charge in [0.1, 0.15) is 12.4 Å². The molecular weight excluding hydrogens is 312 g/mol. The normalized spacial score (nSPS) is 11.6. The Hall–Kier alpha value is -1.53. The number of halogens is 1. The topological polar surface area (TPSA) is 61.2 Å². The zero-order valence-electron chi connectivity index (χ0n) is 12.1. The molecule has 0 bridgehead atoms. The van der Waals surface area contributed by atoms with Crippen molar-refractivity contribution >= 4 is 19.7 Å². The summed E-state index contributed by atoms with van der Waals surface area (Å²) in [5.74, 6) is 0.669. The van der Waals surface area contributed by atoms with Gasteiger partial charge < -0.3 is 9.30 Å². The standard InChI is InChI=1S/C14H17ClN2O3S/c1-4-17-9-16-7-12(17)8-20-14-10(2)5-13(6-11(14)3)21(15,18)19/h5-7,9H,4,8H2,1-3H3. The van der Waals surface area contributed by atoms with Crippen molar-refractivity contribution < 1.29 is 13.2 Å². The van der Waals surface area contributed by atoms with Crippen molar-refractivity contribution in [3.8, 4) is 5.75 Å². The molecule has 0 amide bonds. The van der Waals surface area contributed by atoms with Gasteiger partial charge in [0.25, 0.3) is 9.05 Å². The van der Waals surface area contributed by atoms with E-state index in [0.29, 0.717) is 12.4 Å². The van der Waals surface area contributed by atoms with Crippen LogP contribution in [0.1, 0.15) is 23.7 Å². The van der Waals surface area contributed by atoms with Gasteiger partial charge in [-0.25, -0.2) is 13.4 Å². The van der Waals surface area contributed by atoms with Crippen LogP contribution in [0, 0.1) is 13.8 Å². The van der Waals surface area contributed by atoms with E-state index >= 15 is 0 Å². The molecule has 114 valence electrons. The van der Waals surface area contributed by atoms with Gasteiger partial charge >= 0.3 is 0 Å². The molecule has 1 aromatic carbocycles. The largest absolute Gasteiger partial charge is 0.487 e. The lowest BCUT2D eigenvalue weighted by Gasteiger charge is -2.14. The first kappa shape index (κ1) is 15.9. The Morgan fingerprint density at radius 1 is 1.29 bits per heavy atom. The van der Waals surface area contributed by atoms with E-state index in [2.05, 4.69) is 4.98 Å². The highest BCUT2D eigenvalue weighted by Gasteiger charge is 2.15. The Bertz CT molecular complexity index is 730. The summed E-state index contributed by atoms with van der Waals surface area (Å²) in [6.07, 6.45) is 3.51. The van der Waals surface area contributed by atoms with Crippen molar-refractivity contribution in [1.82, 2.24) is 9.55 Å². The van der Waals surface area contributed by atoms with Gasteiger partial charge in [0, 0.05) is 17.2 Å². The number of hydrogen-bond acceptors (Lipinski definition) is 4. The first-order chi connectivity index (χ1) is 9.82. The average Bonchev–Trinajstić information content (AvgIpc) is 2.84. The fraction of sp³-hybridized carbons (Fsp3) is 0.357. The molecule has 0 aliphatic carbocycles. The third-order valence-corrected chi connectivity index (χ3v) is 4.55. The molecule has 5 nitrogen and oxygen atoms in total. The molecule has 2 rings (SSSR count). The molecule has 0 aliphatic rings. The maximum atomic E-state index is 11.4. The van der Waals surface area contributed by atoms with Crippen LogP contribution in [0.5, 0.6) is 5.75 Å². The highest BCUT2D eigenvalue weighted by atomic mass is 35.7. The zero-order valence-corrected chi connectivity index (χ0v) is 13.7. The van der Waals surface area contributed by atoms with Crippen LogP contribution >= 0.6 is 10.7 Å². The van der Waals surface area contributed by atoms with Crippen molar-refractivity contribution in [2.45, 2.75) is 38.8 Å². The fourth-order valence-electron chi connectivity index (χ4n) is 2.18. The molecule has 0 saturated carbocycles. The molecular formula is C14H17ClN2O3S. The Morgan fingerprint density at radius 3 is 2.43 bits per heavy atom. The molecule has 2 aromatic rings. The molecule has 1 heterocycles. The summed E-state index contributed by atoms with van der Waals surface area (Å²) in [4.78, 5) is 4.17. The average molecular weight is 329 g/mol. The number of imidazole rings is 1. The van der Waals surface area contributed by atoms with E-state index in [1.165, 1.54) is 12.1 Å². The summed E-state index contributed by atoms with van der Waals surface area (Å²) in [5, 5.41) is 0. The Kier molecular flexibility index (Phi) is 4.58. The highest BCUT2D eigenvalue weighted by molar-refractivity contribution is 8.13. The zero-order chi connectivity index (χ0) is 15.6. The molecule has 0 fully saturated rings. The second-order valence-electron chi connectivity index (χ2n) is 4.78. The highest BCUT2D eigenvalue weighted by Crippen LogP contribution is 2.29. The van der Waals surface area contributed by atoms with E-state index in [-0.39, 0.29) is 4.90 Å². The van der Waals surface area contributed by atoms with Crippen LogP contribution in [0.15, 0.2) is 29.6 Å². The van der Waals surface area contributed by atoms with Crippen molar-refractivity contribution in [1.29, 1.82) is 0 Å². The second-order valence-corrected chi connectivity index (χ2v) is 7.35.